The zero-order valence-electron chi connectivity index (χ0n) is 16.5. The Labute approximate surface area is 169 Å². The molecular weight excluding hydrogens is 371 g/mol. The van der Waals surface area contributed by atoms with Crippen molar-refractivity contribution in [3.8, 4) is 11.3 Å². The minimum Gasteiger partial charge on any atom is -0.466 e. The van der Waals surface area contributed by atoms with E-state index in [2.05, 4.69) is 4.90 Å². The number of halogens is 1. The molecule has 6 nitrogen and oxygen atoms in total. The number of hydrogen-bond donors (Lipinski definition) is 1. The number of pyridine rings is 1. The van der Waals surface area contributed by atoms with E-state index in [1.807, 2.05) is 29.7 Å². The molecule has 0 aliphatic carbocycles. The lowest BCUT2D eigenvalue weighted by Crippen LogP contribution is -2.36. The summed E-state index contributed by atoms with van der Waals surface area (Å²) in [6, 6.07) is 10.1. The third kappa shape index (κ3) is 4.10. The van der Waals surface area contributed by atoms with Gasteiger partial charge >= 0.3 is 5.97 Å². The second-order valence-electron chi connectivity index (χ2n) is 7.41. The standard InChI is InChI=1S/C22H25FN4O2/c1-2-29-22(28)16-9-11-26(12-10-16)14-19-21(15-3-5-17(23)6-4-15)25-20-8-7-18(24)13-27(19)20/h3-8,13,16H,2,9-12,14,24H2,1H3. The first-order chi connectivity index (χ1) is 14.0. The SMILES string of the molecule is CCOC(=O)C1CCN(Cc2c(-c3ccc(F)cc3)nc3ccc(N)cn23)CC1. The quantitative estimate of drug-likeness (QED) is 0.669. The van der Waals surface area contributed by atoms with E-state index in [4.69, 9.17) is 15.5 Å². The number of carbonyl (C=O) groups excluding carboxylic acids is 1. The molecule has 1 aliphatic rings. The van der Waals surface area contributed by atoms with Crippen molar-refractivity contribution in [1.29, 1.82) is 0 Å². The van der Waals surface area contributed by atoms with Crippen LogP contribution in [0.1, 0.15) is 25.5 Å². The number of hydrogen-bond acceptors (Lipinski definition) is 5. The Hall–Kier alpha value is -2.93. The van der Waals surface area contributed by atoms with Crippen LogP contribution in [0, 0.1) is 11.7 Å². The Morgan fingerprint density at radius 2 is 1.93 bits per heavy atom. The minimum atomic E-state index is -0.274. The van der Waals surface area contributed by atoms with Gasteiger partial charge in [0.2, 0.25) is 0 Å². The second-order valence-corrected chi connectivity index (χ2v) is 7.41. The van der Waals surface area contributed by atoms with Crippen molar-refractivity contribution in [3.05, 3.63) is 54.1 Å². The molecule has 7 heteroatoms. The smallest absolute Gasteiger partial charge is 0.309 e. The summed E-state index contributed by atoms with van der Waals surface area (Å²) in [6.45, 7) is 4.54. The monoisotopic (exact) mass is 396 g/mol. The Kier molecular flexibility index (Phi) is 5.49. The number of nitrogens with zero attached hydrogens (tertiary/aromatic N) is 3. The van der Waals surface area contributed by atoms with Crippen molar-refractivity contribution in [1.82, 2.24) is 14.3 Å². The van der Waals surface area contributed by atoms with Crippen LogP contribution in [0.4, 0.5) is 10.1 Å². The number of nitrogens with two attached hydrogens (primary N) is 1. The number of likely N-dealkylation sites (tertiary alicyclic amines) is 1. The normalized spacial score (nSPS) is 15.7. The number of ether oxygens (including phenoxy) is 1. The van der Waals surface area contributed by atoms with Crippen molar-refractivity contribution < 1.29 is 13.9 Å². The number of piperidine rings is 1. The average molecular weight is 396 g/mol. The first kappa shape index (κ1) is 19.4. The molecule has 0 saturated carbocycles. The number of fused-ring (bicyclic) bond motifs is 1. The van der Waals surface area contributed by atoms with E-state index in [0.29, 0.717) is 18.8 Å². The van der Waals surface area contributed by atoms with Gasteiger partial charge in [-0.05, 0) is 69.3 Å². The summed E-state index contributed by atoms with van der Waals surface area (Å²) in [5.41, 5.74) is 10.2. The molecule has 1 fully saturated rings. The summed E-state index contributed by atoms with van der Waals surface area (Å²) < 4.78 is 20.6. The van der Waals surface area contributed by atoms with Crippen LogP contribution in [-0.4, -0.2) is 40.0 Å². The molecular formula is C22H25FN4O2. The number of aromatic nitrogens is 2. The third-order valence-corrected chi connectivity index (χ3v) is 5.44. The maximum absolute atomic E-state index is 13.4. The lowest BCUT2D eigenvalue weighted by molar-refractivity contribution is -0.149. The molecule has 1 aromatic carbocycles. The topological polar surface area (TPSA) is 72.9 Å². The van der Waals surface area contributed by atoms with Crippen molar-refractivity contribution in [2.75, 3.05) is 25.4 Å². The molecule has 0 amide bonds. The third-order valence-electron chi connectivity index (χ3n) is 5.44. The second kappa shape index (κ2) is 8.21. The highest BCUT2D eigenvalue weighted by Gasteiger charge is 2.27. The highest BCUT2D eigenvalue weighted by atomic mass is 19.1. The van der Waals surface area contributed by atoms with Gasteiger partial charge in [-0.25, -0.2) is 9.37 Å². The Morgan fingerprint density at radius 1 is 1.21 bits per heavy atom. The zero-order valence-corrected chi connectivity index (χ0v) is 16.5. The van der Waals surface area contributed by atoms with Crippen LogP contribution in [0.25, 0.3) is 16.9 Å². The summed E-state index contributed by atoms with van der Waals surface area (Å²) in [4.78, 5) is 19.1. The van der Waals surface area contributed by atoms with Crippen molar-refractivity contribution in [2.24, 2.45) is 5.92 Å². The summed E-state index contributed by atoms with van der Waals surface area (Å²) in [7, 11) is 0. The van der Waals surface area contributed by atoms with Crippen LogP contribution in [0.5, 0.6) is 0 Å². The number of imidazole rings is 1. The molecule has 0 spiro atoms. The highest BCUT2D eigenvalue weighted by molar-refractivity contribution is 5.72. The summed E-state index contributed by atoms with van der Waals surface area (Å²) in [5, 5.41) is 0. The van der Waals surface area contributed by atoms with Gasteiger partial charge in [-0.3, -0.25) is 9.69 Å². The number of carbonyl (C=O) groups is 1. The van der Waals surface area contributed by atoms with Gasteiger partial charge in [-0.2, -0.15) is 0 Å². The first-order valence-electron chi connectivity index (χ1n) is 9.96. The molecule has 29 heavy (non-hydrogen) atoms. The van der Waals surface area contributed by atoms with E-state index >= 15 is 0 Å². The summed E-state index contributed by atoms with van der Waals surface area (Å²) >= 11 is 0. The molecule has 3 aromatic rings. The molecule has 2 N–H and O–H groups in total. The molecule has 0 unspecified atom stereocenters. The van der Waals surface area contributed by atoms with Gasteiger partial charge in [0.1, 0.15) is 11.5 Å². The summed E-state index contributed by atoms with van der Waals surface area (Å²) in [6.07, 6.45) is 3.43. The van der Waals surface area contributed by atoms with Crippen molar-refractivity contribution in [3.63, 3.8) is 0 Å². The van der Waals surface area contributed by atoms with Gasteiger partial charge in [0, 0.05) is 24.0 Å². The van der Waals surface area contributed by atoms with Gasteiger partial charge in [-0.1, -0.05) is 0 Å². The van der Waals surface area contributed by atoms with Gasteiger partial charge in [0.25, 0.3) is 0 Å². The summed E-state index contributed by atoms with van der Waals surface area (Å²) in [5.74, 6) is -0.397. The predicted octanol–water partition coefficient (Wildman–Crippen LogP) is 3.50. The van der Waals surface area contributed by atoms with Gasteiger partial charge in [-0.15, -0.1) is 0 Å². The Morgan fingerprint density at radius 3 is 2.62 bits per heavy atom. The number of esters is 1. The van der Waals surface area contributed by atoms with Crippen LogP contribution >= 0.6 is 0 Å². The van der Waals surface area contributed by atoms with Crippen molar-refractivity contribution in [2.45, 2.75) is 26.3 Å². The molecule has 0 bridgehead atoms. The number of rotatable bonds is 5. The lowest BCUT2D eigenvalue weighted by Gasteiger charge is -2.30. The van der Waals surface area contributed by atoms with Crippen LogP contribution < -0.4 is 5.73 Å². The maximum Gasteiger partial charge on any atom is 0.309 e. The van der Waals surface area contributed by atoms with Crippen molar-refractivity contribution >= 4 is 17.3 Å². The van der Waals surface area contributed by atoms with Crippen LogP contribution in [0.15, 0.2) is 42.6 Å². The molecule has 0 radical (unpaired) electrons. The van der Waals surface area contributed by atoms with E-state index in [9.17, 15) is 9.18 Å². The molecule has 3 heterocycles. The zero-order chi connectivity index (χ0) is 20.4. The lowest BCUT2D eigenvalue weighted by atomic mass is 9.96. The first-order valence-corrected chi connectivity index (χ1v) is 9.96. The van der Waals surface area contributed by atoms with E-state index in [-0.39, 0.29) is 17.7 Å². The van der Waals surface area contributed by atoms with Crippen LogP contribution in [0.3, 0.4) is 0 Å². The van der Waals surface area contributed by atoms with E-state index in [1.54, 1.807) is 12.1 Å². The largest absolute Gasteiger partial charge is 0.466 e. The highest BCUT2D eigenvalue weighted by Crippen LogP contribution is 2.28. The number of nitrogen functional groups attached to an aromatic ring is 1. The molecule has 0 atom stereocenters. The number of anilines is 1. The number of benzene rings is 1. The van der Waals surface area contributed by atoms with E-state index in [1.165, 1.54) is 12.1 Å². The molecule has 1 aliphatic heterocycles. The predicted molar refractivity (Wildman–Crippen MR) is 110 cm³/mol. The Bertz CT molecular complexity index is 1010. The fraction of sp³-hybridized carbons (Fsp3) is 0.364. The Balaban J connectivity index is 1.61. The fourth-order valence-electron chi connectivity index (χ4n) is 3.90. The van der Waals surface area contributed by atoms with Crippen LogP contribution in [-0.2, 0) is 16.1 Å². The molecule has 4 rings (SSSR count). The molecule has 152 valence electrons. The van der Waals surface area contributed by atoms with E-state index in [0.717, 1.165) is 48.5 Å². The van der Waals surface area contributed by atoms with E-state index < -0.39 is 0 Å². The average Bonchev–Trinajstić information content (AvgIpc) is 3.07. The minimum absolute atomic E-state index is 0.0272. The van der Waals surface area contributed by atoms with Gasteiger partial charge < -0.3 is 14.9 Å². The molecule has 1 saturated heterocycles. The maximum atomic E-state index is 13.4. The fourth-order valence-corrected chi connectivity index (χ4v) is 3.90. The molecule has 2 aromatic heterocycles. The van der Waals surface area contributed by atoms with Crippen LogP contribution in [0.2, 0.25) is 0 Å². The van der Waals surface area contributed by atoms with Gasteiger partial charge in [0.15, 0.2) is 0 Å². The van der Waals surface area contributed by atoms with Gasteiger partial charge in [0.05, 0.1) is 23.9 Å².